The molecular weight excluding hydrogens is 180 g/mol. The van der Waals surface area contributed by atoms with Crippen LogP contribution in [0.25, 0.3) is 0 Å². The van der Waals surface area contributed by atoms with Crippen LogP contribution in [0.15, 0.2) is 0 Å². The van der Waals surface area contributed by atoms with Crippen molar-refractivity contribution < 1.29 is 9.47 Å². The van der Waals surface area contributed by atoms with Gasteiger partial charge in [0.15, 0.2) is 0 Å². The van der Waals surface area contributed by atoms with Gasteiger partial charge in [0.05, 0.1) is 19.8 Å². The molecule has 1 rings (SSSR count). The van der Waals surface area contributed by atoms with E-state index in [1.54, 1.807) is 0 Å². The van der Waals surface area contributed by atoms with E-state index in [9.17, 15) is 0 Å². The molecule has 1 atom stereocenters. The van der Waals surface area contributed by atoms with Crippen LogP contribution in [0.4, 0.5) is 0 Å². The van der Waals surface area contributed by atoms with Crippen molar-refractivity contribution in [1.29, 1.82) is 0 Å². The van der Waals surface area contributed by atoms with Gasteiger partial charge in [0.25, 0.3) is 0 Å². The molecule has 1 aliphatic rings. The average molecular weight is 202 g/mol. The smallest absolute Gasteiger partial charge is 0.0634 e. The molecule has 0 aromatic carbocycles. The zero-order valence-electron chi connectivity index (χ0n) is 9.29. The van der Waals surface area contributed by atoms with E-state index in [-0.39, 0.29) is 0 Å². The molecule has 0 spiro atoms. The first-order valence-corrected chi connectivity index (χ1v) is 5.42. The van der Waals surface area contributed by atoms with Crippen molar-refractivity contribution in [1.82, 2.24) is 10.2 Å². The minimum Gasteiger partial charge on any atom is -0.380 e. The molecule has 4 heteroatoms. The largest absolute Gasteiger partial charge is 0.380 e. The highest BCUT2D eigenvalue weighted by atomic mass is 16.5. The Labute approximate surface area is 86.6 Å². The Morgan fingerprint density at radius 1 is 1.57 bits per heavy atom. The normalized spacial score (nSPS) is 24.0. The van der Waals surface area contributed by atoms with Crippen LogP contribution in [-0.2, 0) is 9.47 Å². The fraction of sp³-hybridized carbons (Fsp3) is 1.00. The molecular formula is C10H22N2O2. The number of hydrogen-bond donors (Lipinski definition) is 1. The molecule has 4 nitrogen and oxygen atoms in total. The topological polar surface area (TPSA) is 33.7 Å². The Hall–Kier alpha value is -0.160. The van der Waals surface area contributed by atoms with Crippen molar-refractivity contribution in [2.45, 2.75) is 13.0 Å². The van der Waals surface area contributed by atoms with Gasteiger partial charge in [0, 0.05) is 32.3 Å². The number of hydrogen-bond acceptors (Lipinski definition) is 4. The average Bonchev–Trinajstić information content (AvgIpc) is 2.21. The third kappa shape index (κ3) is 3.92. The quantitative estimate of drug-likeness (QED) is 0.612. The van der Waals surface area contributed by atoms with Gasteiger partial charge in [-0.15, -0.1) is 0 Å². The Morgan fingerprint density at radius 2 is 2.43 bits per heavy atom. The highest BCUT2D eigenvalue weighted by Crippen LogP contribution is 2.05. The van der Waals surface area contributed by atoms with Gasteiger partial charge >= 0.3 is 0 Å². The van der Waals surface area contributed by atoms with E-state index in [0.717, 1.165) is 46.1 Å². The summed E-state index contributed by atoms with van der Waals surface area (Å²) in [7, 11) is 1.98. The maximum atomic E-state index is 5.45. The predicted octanol–water partition coefficient (Wildman–Crippen LogP) is -0.0569. The van der Waals surface area contributed by atoms with Gasteiger partial charge in [-0.25, -0.2) is 0 Å². The van der Waals surface area contributed by atoms with E-state index in [4.69, 9.17) is 9.47 Å². The van der Waals surface area contributed by atoms with Gasteiger partial charge in [-0.05, 0) is 14.0 Å². The van der Waals surface area contributed by atoms with Crippen molar-refractivity contribution in [3.8, 4) is 0 Å². The molecule has 1 fully saturated rings. The standard InChI is InChI=1S/C10H22N2O2/c1-3-13-6-4-12-5-7-14-9-10(12)8-11-2/h10-11H,3-9H2,1-2H3. The van der Waals surface area contributed by atoms with Crippen molar-refractivity contribution >= 4 is 0 Å². The lowest BCUT2D eigenvalue weighted by Gasteiger charge is -2.35. The van der Waals surface area contributed by atoms with E-state index in [1.807, 2.05) is 14.0 Å². The molecule has 0 aliphatic carbocycles. The number of rotatable bonds is 6. The fourth-order valence-corrected chi connectivity index (χ4v) is 1.73. The maximum absolute atomic E-state index is 5.45. The van der Waals surface area contributed by atoms with Crippen LogP contribution in [0.3, 0.4) is 0 Å². The zero-order valence-corrected chi connectivity index (χ0v) is 9.29. The zero-order chi connectivity index (χ0) is 10.2. The second-order valence-electron chi connectivity index (χ2n) is 3.52. The third-order valence-electron chi connectivity index (χ3n) is 2.52. The molecule has 1 aliphatic heterocycles. The molecule has 0 aromatic rings. The van der Waals surface area contributed by atoms with Gasteiger partial charge in [0.1, 0.15) is 0 Å². The first-order chi connectivity index (χ1) is 6.88. The number of likely N-dealkylation sites (N-methyl/N-ethyl adjacent to an activating group) is 1. The molecule has 0 saturated carbocycles. The minimum atomic E-state index is 0.509. The van der Waals surface area contributed by atoms with Gasteiger partial charge in [0.2, 0.25) is 0 Å². The number of ether oxygens (including phenoxy) is 2. The summed E-state index contributed by atoms with van der Waals surface area (Å²) in [5.74, 6) is 0. The highest BCUT2D eigenvalue weighted by molar-refractivity contribution is 4.76. The SMILES string of the molecule is CCOCCN1CCOCC1CNC. The maximum Gasteiger partial charge on any atom is 0.0634 e. The molecule has 1 heterocycles. The van der Waals surface area contributed by atoms with Crippen molar-refractivity contribution in [3.63, 3.8) is 0 Å². The van der Waals surface area contributed by atoms with Crippen LogP contribution < -0.4 is 5.32 Å². The van der Waals surface area contributed by atoms with Gasteiger partial charge in [-0.2, -0.15) is 0 Å². The number of nitrogens with one attached hydrogen (secondary N) is 1. The summed E-state index contributed by atoms with van der Waals surface area (Å²) in [6.45, 7) is 8.40. The monoisotopic (exact) mass is 202 g/mol. The molecule has 1 unspecified atom stereocenters. The first kappa shape index (κ1) is 11.9. The van der Waals surface area contributed by atoms with Gasteiger partial charge in [-0.3, -0.25) is 4.90 Å². The van der Waals surface area contributed by atoms with Crippen LogP contribution in [-0.4, -0.2) is 64.1 Å². The Balaban J connectivity index is 2.22. The van der Waals surface area contributed by atoms with Crippen LogP contribution in [0, 0.1) is 0 Å². The molecule has 0 amide bonds. The van der Waals surface area contributed by atoms with E-state index in [0.29, 0.717) is 6.04 Å². The molecule has 1 N–H and O–H groups in total. The highest BCUT2D eigenvalue weighted by Gasteiger charge is 2.21. The summed E-state index contributed by atoms with van der Waals surface area (Å²) in [6.07, 6.45) is 0. The van der Waals surface area contributed by atoms with Gasteiger partial charge < -0.3 is 14.8 Å². The van der Waals surface area contributed by atoms with Crippen LogP contribution in [0.5, 0.6) is 0 Å². The molecule has 0 aromatic heterocycles. The lowest BCUT2D eigenvalue weighted by molar-refractivity contribution is -0.0181. The van der Waals surface area contributed by atoms with E-state index >= 15 is 0 Å². The summed E-state index contributed by atoms with van der Waals surface area (Å²) >= 11 is 0. The molecule has 14 heavy (non-hydrogen) atoms. The van der Waals surface area contributed by atoms with Crippen molar-refractivity contribution in [2.75, 3.05) is 53.1 Å². The summed E-state index contributed by atoms with van der Waals surface area (Å²) < 4.78 is 10.8. The lowest BCUT2D eigenvalue weighted by Crippen LogP contribution is -2.50. The molecule has 1 saturated heterocycles. The molecule has 0 radical (unpaired) electrons. The van der Waals surface area contributed by atoms with Crippen LogP contribution >= 0.6 is 0 Å². The molecule has 84 valence electrons. The fourth-order valence-electron chi connectivity index (χ4n) is 1.73. The van der Waals surface area contributed by atoms with E-state index < -0.39 is 0 Å². The van der Waals surface area contributed by atoms with E-state index in [2.05, 4.69) is 10.2 Å². The number of nitrogens with zero attached hydrogens (tertiary/aromatic N) is 1. The van der Waals surface area contributed by atoms with Crippen LogP contribution in [0.2, 0.25) is 0 Å². The Morgan fingerprint density at radius 3 is 3.14 bits per heavy atom. The van der Waals surface area contributed by atoms with Gasteiger partial charge in [-0.1, -0.05) is 0 Å². The third-order valence-corrected chi connectivity index (χ3v) is 2.52. The van der Waals surface area contributed by atoms with Crippen molar-refractivity contribution in [3.05, 3.63) is 0 Å². The predicted molar refractivity (Wildman–Crippen MR) is 56.6 cm³/mol. The Bertz CT molecular complexity index is 142. The second kappa shape index (κ2) is 7.17. The Kier molecular flexibility index (Phi) is 6.10. The second-order valence-corrected chi connectivity index (χ2v) is 3.52. The molecule has 0 bridgehead atoms. The summed E-state index contributed by atoms with van der Waals surface area (Å²) in [6, 6.07) is 0.509. The van der Waals surface area contributed by atoms with E-state index in [1.165, 1.54) is 0 Å². The first-order valence-electron chi connectivity index (χ1n) is 5.42. The summed E-state index contributed by atoms with van der Waals surface area (Å²) in [5.41, 5.74) is 0. The summed E-state index contributed by atoms with van der Waals surface area (Å²) in [4.78, 5) is 2.44. The number of morpholine rings is 1. The lowest BCUT2D eigenvalue weighted by atomic mass is 10.2. The summed E-state index contributed by atoms with van der Waals surface area (Å²) in [5, 5.41) is 3.20. The minimum absolute atomic E-state index is 0.509. The van der Waals surface area contributed by atoms with Crippen LogP contribution in [0.1, 0.15) is 6.92 Å². The van der Waals surface area contributed by atoms with Crippen molar-refractivity contribution in [2.24, 2.45) is 0 Å².